The first-order valence-electron chi connectivity index (χ1n) is 10.5. The summed E-state index contributed by atoms with van der Waals surface area (Å²) in [4.78, 5) is 43.7. The van der Waals surface area contributed by atoms with Crippen LogP contribution in [0.25, 0.3) is 11.2 Å². The van der Waals surface area contributed by atoms with Gasteiger partial charge in [-0.2, -0.15) is 0 Å². The lowest BCUT2D eigenvalue weighted by Gasteiger charge is -2.14. The Morgan fingerprint density at radius 1 is 1.00 bits per heavy atom. The zero-order valence-electron chi connectivity index (χ0n) is 18.3. The van der Waals surface area contributed by atoms with Crippen molar-refractivity contribution in [2.24, 2.45) is 0 Å². The number of fused-ring (bicyclic) bond motifs is 1. The van der Waals surface area contributed by atoms with Crippen LogP contribution < -0.4 is 16.6 Å². The number of anilines is 1. The second kappa shape index (κ2) is 8.66. The normalized spacial score (nSPS) is 11.1. The molecule has 0 radical (unpaired) electrons. The molecule has 0 atom stereocenters. The van der Waals surface area contributed by atoms with E-state index in [0.29, 0.717) is 23.4 Å². The number of amides is 1. The summed E-state index contributed by atoms with van der Waals surface area (Å²) in [7, 11) is 0. The molecule has 0 aliphatic carbocycles. The lowest BCUT2D eigenvalue weighted by molar-refractivity contribution is -0.116. The van der Waals surface area contributed by atoms with Gasteiger partial charge in [-0.15, -0.1) is 0 Å². The molecular formula is C24H25N5O3. The Morgan fingerprint density at radius 2 is 1.75 bits per heavy atom. The Morgan fingerprint density at radius 3 is 2.47 bits per heavy atom. The molecule has 32 heavy (non-hydrogen) atoms. The van der Waals surface area contributed by atoms with Crippen molar-refractivity contribution in [1.29, 1.82) is 0 Å². The summed E-state index contributed by atoms with van der Waals surface area (Å²) in [6, 6.07) is 15.1. The van der Waals surface area contributed by atoms with Crippen LogP contribution in [0.2, 0.25) is 0 Å². The van der Waals surface area contributed by atoms with Gasteiger partial charge in [0.2, 0.25) is 5.91 Å². The predicted molar refractivity (Wildman–Crippen MR) is 124 cm³/mol. The van der Waals surface area contributed by atoms with Gasteiger partial charge in [-0.05, 0) is 43.5 Å². The molecule has 8 heteroatoms. The van der Waals surface area contributed by atoms with E-state index in [9.17, 15) is 14.4 Å². The molecule has 2 aromatic carbocycles. The van der Waals surface area contributed by atoms with Crippen molar-refractivity contribution in [2.75, 3.05) is 5.32 Å². The third kappa shape index (κ3) is 3.87. The van der Waals surface area contributed by atoms with E-state index in [1.165, 1.54) is 4.57 Å². The molecule has 8 nitrogen and oxygen atoms in total. The maximum Gasteiger partial charge on any atom is 0.333 e. The Labute approximate surface area is 184 Å². The highest BCUT2D eigenvalue weighted by Crippen LogP contribution is 2.18. The maximum atomic E-state index is 13.3. The van der Waals surface area contributed by atoms with Crippen molar-refractivity contribution in [2.45, 2.75) is 40.4 Å². The van der Waals surface area contributed by atoms with Gasteiger partial charge >= 0.3 is 5.69 Å². The smallest absolute Gasteiger partial charge is 0.325 e. The molecule has 0 spiro atoms. The van der Waals surface area contributed by atoms with Gasteiger partial charge in [0.25, 0.3) is 5.56 Å². The van der Waals surface area contributed by atoms with Gasteiger partial charge in [0.15, 0.2) is 11.2 Å². The van der Waals surface area contributed by atoms with E-state index >= 15 is 0 Å². The minimum absolute atomic E-state index is 0.246. The summed E-state index contributed by atoms with van der Waals surface area (Å²) in [5, 5.41) is 2.82. The van der Waals surface area contributed by atoms with Crippen LogP contribution in [0.15, 0.2) is 64.4 Å². The Hall–Kier alpha value is -3.94. The minimum Gasteiger partial charge on any atom is -0.325 e. The zero-order chi connectivity index (χ0) is 22.8. The lowest BCUT2D eigenvalue weighted by Crippen LogP contribution is -2.43. The van der Waals surface area contributed by atoms with Crippen LogP contribution >= 0.6 is 0 Å². The molecule has 2 heterocycles. The number of hydrogen-bond acceptors (Lipinski definition) is 4. The molecule has 1 N–H and O–H groups in total. The minimum atomic E-state index is -0.566. The number of imidazole rings is 1. The summed E-state index contributed by atoms with van der Waals surface area (Å²) in [5.74, 6) is -0.439. The number of benzene rings is 2. The molecular weight excluding hydrogens is 406 g/mol. The summed E-state index contributed by atoms with van der Waals surface area (Å²) >= 11 is 0. The summed E-state index contributed by atoms with van der Waals surface area (Å²) in [6.45, 7) is 6.14. The van der Waals surface area contributed by atoms with Crippen LogP contribution in [0, 0.1) is 13.8 Å². The largest absolute Gasteiger partial charge is 0.333 e. The predicted octanol–water partition coefficient (Wildman–Crippen LogP) is 2.68. The molecule has 0 aliphatic heterocycles. The SMILES string of the molecule is CCn1cnc2c1c(=O)n(CC(=O)Nc1cccc(C)c1C)c(=O)n2Cc1ccccc1. The van der Waals surface area contributed by atoms with Crippen molar-refractivity contribution in [1.82, 2.24) is 18.7 Å². The average Bonchev–Trinajstić information content (AvgIpc) is 3.22. The van der Waals surface area contributed by atoms with Gasteiger partial charge in [-0.3, -0.25) is 14.2 Å². The van der Waals surface area contributed by atoms with Crippen LogP contribution in [-0.2, 0) is 24.4 Å². The van der Waals surface area contributed by atoms with Crippen LogP contribution in [0.5, 0.6) is 0 Å². The molecule has 0 aliphatic rings. The highest BCUT2D eigenvalue weighted by Gasteiger charge is 2.20. The van der Waals surface area contributed by atoms with Crippen molar-refractivity contribution < 1.29 is 4.79 Å². The summed E-state index contributed by atoms with van der Waals surface area (Å²) in [5.41, 5.74) is 3.07. The molecule has 4 rings (SSSR count). The monoisotopic (exact) mass is 431 g/mol. The van der Waals surface area contributed by atoms with E-state index in [1.54, 1.807) is 17.0 Å². The number of nitrogens with zero attached hydrogens (tertiary/aromatic N) is 4. The maximum absolute atomic E-state index is 13.3. The molecule has 164 valence electrons. The molecule has 0 saturated carbocycles. The fourth-order valence-corrected chi connectivity index (χ4v) is 3.75. The summed E-state index contributed by atoms with van der Waals surface area (Å²) < 4.78 is 4.13. The second-order valence-electron chi connectivity index (χ2n) is 7.74. The molecule has 4 aromatic rings. The Kier molecular flexibility index (Phi) is 5.77. The highest BCUT2D eigenvalue weighted by atomic mass is 16.2. The number of nitrogens with one attached hydrogen (secondary N) is 1. The quantitative estimate of drug-likeness (QED) is 0.508. The van der Waals surface area contributed by atoms with Crippen LogP contribution in [-0.4, -0.2) is 24.6 Å². The number of rotatable bonds is 6. The Balaban J connectivity index is 1.78. The standard InChI is InChI=1S/C24H25N5O3/c1-4-27-15-25-22-21(27)23(31)29(24(32)28(22)13-18-10-6-5-7-11-18)14-20(30)26-19-12-8-9-16(2)17(19)3/h5-12,15H,4,13-14H2,1-3H3,(H,26,30). The van der Waals surface area contributed by atoms with E-state index in [4.69, 9.17) is 0 Å². The fourth-order valence-electron chi connectivity index (χ4n) is 3.75. The van der Waals surface area contributed by atoms with Gasteiger partial charge in [-0.25, -0.2) is 14.3 Å². The second-order valence-corrected chi connectivity index (χ2v) is 7.74. The lowest BCUT2D eigenvalue weighted by atomic mass is 10.1. The van der Waals surface area contributed by atoms with E-state index in [2.05, 4.69) is 10.3 Å². The number of carbonyl (C=O) groups is 1. The first kappa shape index (κ1) is 21.3. The van der Waals surface area contributed by atoms with Gasteiger partial charge in [0, 0.05) is 12.2 Å². The van der Waals surface area contributed by atoms with Crippen molar-refractivity contribution in [3.63, 3.8) is 0 Å². The van der Waals surface area contributed by atoms with E-state index in [-0.39, 0.29) is 13.1 Å². The van der Waals surface area contributed by atoms with Gasteiger partial charge in [-0.1, -0.05) is 42.5 Å². The van der Waals surface area contributed by atoms with E-state index in [0.717, 1.165) is 21.3 Å². The zero-order valence-corrected chi connectivity index (χ0v) is 18.3. The molecule has 0 bridgehead atoms. The van der Waals surface area contributed by atoms with Gasteiger partial charge < -0.3 is 9.88 Å². The topological polar surface area (TPSA) is 90.9 Å². The fraction of sp³-hybridized carbons (Fsp3) is 0.250. The number of aromatic nitrogens is 4. The van der Waals surface area contributed by atoms with Crippen LogP contribution in [0.3, 0.4) is 0 Å². The number of aryl methyl sites for hydroxylation is 2. The average molecular weight is 431 g/mol. The first-order valence-corrected chi connectivity index (χ1v) is 10.5. The van der Waals surface area contributed by atoms with E-state index in [1.807, 2.05) is 63.2 Å². The number of carbonyl (C=O) groups excluding carboxylic acids is 1. The van der Waals surface area contributed by atoms with E-state index < -0.39 is 17.2 Å². The molecule has 2 aromatic heterocycles. The third-order valence-electron chi connectivity index (χ3n) is 5.69. The molecule has 0 unspecified atom stereocenters. The van der Waals surface area contributed by atoms with Gasteiger partial charge in [0.05, 0.1) is 12.9 Å². The third-order valence-corrected chi connectivity index (χ3v) is 5.69. The van der Waals surface area contributed by atoms with Crippen molar-refractivity contribution in [3.05, 3.63) is 92.4 Å². The Bertz CT molecular complexity index is 1410. The molecule has 0 saturated heterocycles. The summed E-state index contributed by atoms with van der Waals surface area (Å²) in [6.07, 6.45) is 1.55. The van der Waals surface area contributed by atoms with Crippen molar-refractivity contribution in [3.8, 4) is 0 Å². The molecule has 1 amide bonds. The van der Waals surface area contributed by atoms with Crippen molar-refractivity contribution >= 4 is 22.8 Å². The highest BCUT2D eigenvalue weighted by molar-refractivity contribution is 5.91. The molecule has 0 fully saturated rings. The number of hydrogen-bond donors (Lipinski definition) is 1. The van der Waals surface area contributed by atoms with Gasteiger partial charge in [0.1, 0.15) is 6.54 Å². The first-order chi connectivity index (χ1) is 15.4. The van der Waals surface area contributed by atoms with Crippen LogP contribution in [0.1, 0.15) is 23.6 Å². The van der Waals surface area contributed by atoms with Crippen LogP contribution in [0.4, 0.5) is 5.69 Å².